The van der Waals surface area contributed by atoms with Crippen molar-refractivity contribution in [2.24, 2.45) is 5.41 Å². The molecule has 120 valence electrons. The van der Waals surface area contributed by atoms with Crippen molar-refractivity contribution in [3.63, 3.8) is 0 Å². The van der Waals surface area contributed by atoms with Crippen molar-refractivity contribution in [1.29, 1.82) is 0 Å². The molecular weight excluding hydrogens is 264 g/mol. The zero-order valence-electron chi connectivity index (χ0n) is 14.1. The highest BCUT2D eigenvalue weighted by Gasteiger charge is 2.35. The Morgan fingerprint density at radius 2 is 2.00 bits per heavy atom. The van der Waals surface area contributed by atoms with Crippen molar-refractivity contribution >= 4 is 0 Å². The third-order valence-electron chi connectivity index (χ3n) is 4.22. The van der Waals surface area contributed by atoms with E-state index < -0.39 is 0 Å². The molecule has 1 saturated heterocycles. The molecule has 1 N–H and O–H groups in total. The Balaban J connectivity index is 2.14. The molecule has 5 heteroatoms. The normalized spacial score (nSPS) is 19.1. The average Bonchev–Trinajstić information content (AvgIpc) is 2.85. The number of nitrogens with one attached hydrogen (secondary N) is 1. The number of rotatable bonds is 5. The van der Waals surface area contributed by atoms with Crippen LogP contribution in [-0.2, 0) is 11.2 Å². The fourth-order valence-electron chi connectivity index (χ4n) is 2.84. The van der Waals surface area contributed by atoms with Crippen molar-refractivity contribution < 1.29 is 4.74 Å². The molecule has 1 fully saturated rings. The van der Waals surface area contributed by atoms with Crippen LogP contribution in [0.25, 0.3) is 0 Å². The molecule has 0 aliphatic carbocycles. The third-order valence-corrected chi connectivity index (χ3v) is 4.22. The van der Waals surface area contributed by atoms with Crippen LogP contribution in [0.15, 0.2) is 6.33 Å². The predicted molar refractivity (Wildman–Crippen MR) is 84.4 cm³/mol. The van der Waals surface area contributed by atoms with E-state index in [1.807, 2.05) is 4.68 Å². The maximum atomic E-state index is 5.58. The lowest BCUT2D eigenvalue weighted by molar-refractivity contribution is 0.0106. The van der Waals surface area contributed by atoms with Crippen LogP contribution in [0.1, 0.15) is 59.3 Å². The quantitative estimate of drug-likeness (QED) is 0.907. The first kappa shape index (κ1) is 16.4. The zero-order chi connectivity index (χ0) is 15.5. The van der Waals surface area contributed by atoms with Crippen molar-refractivity contribution in [1.82, 2.24) is 20.1 Å². The van der Waals surface area contributed by atoms with Gasteiger partial charge in [0.05, 0.1) is 0 Å². The average molecular weight is 294 g/mol. The van der Waals surface area contributed by atoms with Gasteiger partial charge in [0.1, 0.15) is 12.2 Å². The zero-order valence-corrected chi connectivity index (χ0v) is 14.1. The molecule has 1 aromatic heterocycles. The van der Waals surface area contributed by atoms with Gasteiger partial charge in [-0.15, -0.1) is 0 Å². The number of ether oxygens (including phenoxy) is 1. The lowest BCUT2D eigenvalue weighted by Crippen LogP contribution is -2.47. The van der Waals surface area contributed by atoms with Crippen molar-refractivity contribution in [3.8, 4) is 0 Å². The van der Waals surface area contributed by atoms with E-state index in [9.17, 15) is 0 Å². The van der Waals surface area contributed by atoms with Gasteiger partial charge in [-0.05, 0) is 52.9 Å². The molecule has 0 spiro atoms. The summed E-state index contributed by atoms with van der Waals surface area (Å²) in [6.45, 7) is 13.7. The highest BCUT2D eigenvalue weighted by molar-refractivity contribution is 4.98. The van der Waals surface area contributed by atoms with Gasteiger partial charge in [-0.2, -0.15) is 5.10 Å². The SMILES string of the molecule is CC(C)n1ncnc1CC1(CNC(C)(C)C)CCOCC1. The van der Waals surface area contributed by atoms with Crippen molar-refractivity contribution in [2.75, 3.05) is 19.8 Å². The third kappa shape index (κ3) is 4.51. The standard InChI is InChI=1S/C16H30N4O/c1-13(2)20-14(17-12-19-20)10-16(6-8-21-9-7-16)11-18-15(3,4)5/h12-13,18H,6-11H2,1-5H3. The molecule has 0 radical (unpaired) electrons. The molecular formula is C16H30N4O. The van der Waals surface area contributed by atoms with E-state index in [1.165, 1.54) is 0 Å². The van der Waals surface area contributed by atoms with Crippen molar-refractivity contribution in [3.05, 3.63) is 12.2 Å². The van der Waals surface area contributed by atoms with Gasteiger partial charge in [0.25, 0.3) is 0 Å². The summed E-state index contributed by atoms with van der Waals surface area (Å²) >= 11 is 0. The maximum absolute atomic E-state index is 5.58. The Labute approximate surface area is 128 Å². The lowest BCUT2D eigenvalue weighted by atomic mass is 9.76. The van der Waals surface area contributed by atoms with Crippen LogP contribution >= 0.6 is 0 Å². The van der Waals surface area contributed by atoms with E-state index in [0.717, 1.165) is 44.8 Å². The van der Waals surface area contributed by atoms with Gasteiger partial charge in [0.15, 0.2) is 0 Å². The highest BCUT2D eigenvalue weighted by atomic mass is 16.5. The van der Waals surface area contributed by atoms with Gasteiger partial charge in [-0.25, -0.2) is 9.67 Å². The molecule has 0 amide bonds. The second-order valence-electron chi connectivity index (χ2n) is 7.61. The van der Waals surface area contributed by atoms with Crippen molar-refractivity contribution in [2.45, 2.75) is 65.5 Å². The molecule has 0 saturated carbocycles. The molecule has 0 unspecified atom stereocenters. The van der Waals surface area contributed by atoms with Crippen LogP contribution in [-0.4, -0.2) is 40.1 Å². The summed E-state index contributed by atoms with van der Waals surface area (Å²) in [5.74, 6) is 1.10. The van der Waals surface area contributed by atoms with Gasteiger partial charge in [0.2, 0.25) is 0 Å². The minimum absolute atomic E-state index is 0.136. The molecule has 0 aromatic carbocycles. The summed E-state index contributed by atoms with van der Waals surface area (Å²) in [7, 11) is 0. The highest BCUT2D eigenvalue weighted by Crippen LogP contribution is 2.34. The minimum atomic E-state index is 0.136. The van der Waals surface area contributed by atoms with Crippen LogP contribution < -0.4 is 5.32 Å². The first-order valence-electron chi connectivity index (χ1n) is 8.03. The molecule has 5 nitrogen and oxygen atoms in total. The molecule has 0 atom stereocenters. The van der Waals surface area contributed by atoms with E-state index >= 15 is 0 Å². The number of aromatic nitrogens is 3. The largest absolute Gasteiger partial charge is 0.381 e. The first-order chi connectivity index (χ1) is 9.81. The fourth-order valence-corrected chi connectivity index (χ4v) is 2.84. The number of nitrogens with zero attached hydrogens (tertiary/aromatic N) is 3. The smallest absolute Gasteiger partial charge is 0.138 e. The lowest BCUT2D eigenvalue weighted by Gasteiger charge is -2.39. The monoisotopic (exact) mass is 294 g/mol. The van der Waals surface area contributed by atoms with Gasteiger partial charge >= 0.3 is 0 Å². The Hall–Kier alpha value is -0.940. The van der Waals surface area contributed by atoms with Crippen LogP contribution in [0, 0.1) is 5.41 Å². The van der Waals surface area contributed by atoms with E-state index in [-0.39, 0.29) is 11.0 Å². The molecule has 0 bridgehead atoms. The molecule has 2 heterocycles. The van der Waals surface area contributed by atoms with E-state index in [0.29, 0.717) is 6.04 Å². The Bertz CT molecular complexity index is 441. The Kier molecular flexibility index (Phi) is 5.04. The summed E-state index contributed by atoms with van der Waals surface area (Å²) in [5.41, 5.74) is 0.363. The van der Waals surface area contributed by atoms with Crippen LogP contribution in [0.2, 0.25) is 0 Å². The van der Waals surface area contributed by atoms with E-state index in [1.54, 1.807) is 6.33 Å². The van der Waals surface area contributed by atoms with E-state index in [4.69, 9.17) is 4.74 Å². The summed E-state index contributed by atoms with van der Waals surface area (Å²) < 4.78 is 7.63. The number of hydrogen-bond donors (Lipinski definition) is 1. The topological polar surface area (TPSA) is 52.0 Å². The summed E-state index contributed by atoms with van der Waals surface area (Å²) in [5, 5.41) is 8.06. The fraction of sp³-hybridized carbons (Fsp3) is 0.875. The second kappa shape index (κ2) is 6.44. The van der Waals surface area contributed by atoms with Gasteiger partial charge in [0, 0.05) is 37.8 Å². The van der Waals surface area contributed by atoms with Gasteiger partial charge < -0.3 is 10.1 Å². The Morgan fingerprint density at radius 3 is 2.57 bits per heavy atom. The predicted octanol–water partition coefficient (Wildman–Crippen LogP) is 2.59. The van der Waals surface area contributed by atoms with Crippen LogP contribution in [0.4, 0.5) is 0 Å². The summed E-state index contributed by atoms with van der Waals surface area (Å²) in [6.07, 6.45) is 4.82. The number of hydrogen-bond acceptors (Lipinski definition) is 4. The maximum Gasteiger partial charge on any atom is 0.138 e. The van der Waals surface area contributed by atoms with Gasteiger partial charge in [-0.3, -0.25) is 0 Å². The molecule has 1 aliphatic heterocycles. The first-order valence-corrected chi connectivity index (χ1v) is 8.03. The molecule has 2 rings (SSSR count). The summed E-state index contributed by atoms with van der Waals surface area (Å²) in [6, 6.07) is 0.356. The second-order valence-corrected chi connectivity index (χ2v) is 7.61. The molecule has 21 heavy (non-hydrogen) atoms. The van der Waals surface area contributed by atoms with E-state index in [2.05, 4.69) is 50.0 Å². The van der Waals surface area contributed by atoms with Gasteiger partial charge in [-0.1, -0.05) is 0 Å². The Morgan fingerprint density at radius 1 is 1.33 bits per heavy atom. The molecule has 1 aliphatic rings. The minimum Gasteiger partial charge on any atom is -0.381 e. The van der Waals surface area contributed by atoms with Crippen LogP contribution in [0.3, 0.4) is 0 Å². The summed E-state index contributed by atoms with van der Waals surface area (Å²) in [4.78, 5) is 4.50. The molecule has 1 aromatic rings. The van der Waals surface area contributed by atoms with Crippen LogP contribution in [0.5, 0.6) is 0 Å².